The Morgan fingerprint density at radius 3 is 2.47 bits per heavy atom. The van der Waals surface area contributed by atoms with Gasteiger partial charge in [-0.15, -0.1) is 0 Å². The van der Waals surface area contributed by atoms with Crippen molar-refractivity contribution in [2.75, 3.05) is 0 Å². The molecule has 0 saturated carbocycles. The molecule has 0 aromatic carbocycles. The molecule has 2 aliphatic heterocycles. The molecule has 15 heavy (non-hydrogen) atoms. The molecule has 2 saturated heterocycles. The molecule has 4 heteroatoms. The predicted molar refractivity (Wildman–Crippen MR) is 70.1 cm³/mol. The van der Waals surface area contributed by atoms with Crippen LogP contribution in [0.25, 0.3) is 0 Å². The Balaban J connectivity index is 1.99. The average Bonchev–Trinajstić information content (AvgIpc) is 2.96. The number of hydrogen-bond donors (Lipinski definition) is 2. The van der Waals surface area contributed by atoms with Gasteiger partial charge in [0.25, 0.3) is 0 Å². The Morgan fingerprint density at radius 1 is 1.20 bits per heavy atom. The first-order valence-electron chi connectivity index (χ1n) is 5.99. The van der Waals surface area contributed by atoms with Gasteiger partial charge in [-0.25, -0.2) is 0 Å². The Labute approximate surface area is 106 Å². The Hall–Kier alpha value is 0.610. The van der Waals surface area contributed by atoms with E-state index in [4.69, 9.17) is 4.74 Å². The zero-order valence-electron chi connectivity index (χ0n) is 9.66. The van der Waals surface area contributed by atoms with Crippen LogP contribution in [0, 0.1) is 5.92 Å². The number of hydrogen-bond acceptors (Lipinski definition) is 3. The predicted octanol–water partition coefficient (Wildman–Crippen LogP) is 1.86. The van der Waals surface area contributed by atoms with Gasteiger partial charge < -0.3 is 4.74 Å². The smallest absolute Gasteiger partial charge is 0.150 e. The molecule has 0 amide bonds. The Kier molecular flexibility index (Phi) is 3.91. The lowest BCUT2D eigenvalue weighted by molar-refractivity contribution is 0.241. The van der Waals surface area contributed by atoms with Crippen LogP contribution in [-0.4, -0.2) is 28.5 Å². The standard InChI is InChI=1S/C11H21IN2O/c1-4-7(8(12)5-2)9-6(3)13-10-11(14-9)15-10/h6-11,13-14H,4-5H2,1-3H3. The van der Waals surface area contributed by atoms with Gasteiger partial charge in [0.2, 0.25) is 0 Å². The molecular weight excluding hydrogens is 303 g/mol. The van der Waals surface area contributed by atoms with E-state index in [9.17, 15) is 0 Å². The molecule has 2 aliphatic rings. The zero-order valence-corrected chi connectivity index (χ0v) is 11.8. The summed E-state index contributed by atoms with van der Waals surface area (Å²) in [5.74, 6) is 0.739. The highest BCUT2D eigenvalue weighted by Crippen LogP contribution is 2.31. The minimum Gasteiger partial charge on any atom is -0.337 e. The summed E-state index contributed by atoms with van der Waals surface area (Å²) >= 11 is 2.59. The summed E-state index contributed by atoms with van der Waals surface area (Å²) in [6.45, 7) is 6.83. The van der Waals surface area contributed by atoms with Gasteiger partial charge in [0.05, 0.1) is 0 Å². The zero-order chi connectivity index (χ0) is 11.0. The maximum absolute atomic E-state index is 5.46. The molecule has 6 atom stereocenters. The van der Waals surface area contributed by atoms with E-state index in [-0.39, 0.29) is 12.5 Å². The lowest BCUT2D eigenvalue weighted by Gasteiger charge is -2.37. The molecule has 0 radical (unpaired) electrons. The van der Waals surface area contributed by atoms with Gasteiger partial charge in [-0.2, -0.15) is 0 Å². The van der Waals surface area contributed by atoms with Crippen LogP contribution in [0.5, 0.6) is 0 Å². The van der Waals surface area contributed by atoms with Crippen molar-refractivity contribution < 1.29 is 4.74 Å². The van der Waals surface area contributed by atoms with Crippen molar-refractivity contribution in [1.82, 2.24) is 10.6 Å². The van der Waals surface area contributed by atoms with Crippen molar-refractivity contribution in [3.63, 3.8) is 0 Å². The third kappa shape index (κ3) is 2.48. The highest BCUT2D eigenvalue weighted by atomic mass is 127. The normalized spacial score (nSPS) is 43.2. The monoisotopic (exact) mass is 324 g/mol. The van der Waals surface area contributed by atoms with Gasteiger partial charge in [-0.1, -0.05) is 42.9 Å². The molecule has 0 bridgehead atoms. The SMILES string of the molecule is CCC(I)C(CC)C1NC2OC2NC1C. The number of epoxide rings is 1. The first-order chi connectivity index (χ1) is 7.17. The Morgan fingerprint density at radius 2 is 1.87 bits per heavy atom. The minimum absolute atomic E-state index is 0.278. The van der Waals surface area contributed by atoms with Gasteiger partial charge in [-0.3, -0.25) is 10.6 Å². The summed E-state index contributed by atoms with van der Waals surface area (Å²) in [6.07, 6.45) is 3.05. The second-order valence-electron chi connectivity index (χ2n) is 4.62. The van der Waals surface area contributed by atoms with Crippen LogP contribution in [0.4, 0.5) is 0 Å². The maximum Gasteiger partial charge on any atom is 0.150 e. The molecule has 2 fully saturated rings. The van der Waals surface area contributed by atoms with Gasteiger partial charge in [0.1, 0.15) is 0 Å². The van der Waals surface area contributed by atoms with Gasteiger partial charge >= 0.3 is 0 Å². The number of nitrogens with one attached hydrogen (secondary N) is 2. The van der Waals surface area contributed by atoms with Crippen molar-refractivity contribution >= 4 is 22.6 Å². The molecule has 0 aromatic heterocycles. The molecular formula is C11H21IN2O. The van der Waals surface area contributed by atoms with Gasteiger partial charge in [0.15, 0.2) is 12.5 Å². The van der Waals surface area contributed by atoms with E-state index in [1.54, 1.807) is 0 Å². The van der Waals surface area contributed by atoms with E-state index in [0.29, 0.717) is 12.1 Å². The van der Waals surface area contributed by atoms with Crippen LogP contribution < -0.4 is 10.6 Å². The molecule has 2 rings (SSSR count). The molecule has 88 valence electrons. The fraction of sp³-hybridized carbons (Fsp3) is 1.00. The lowest BCUT2D eigenvalue weighted by Crippen LogP contribution is -2.58. The summed E-state index contributed by atoms with van der Waals surface area (Å²) in [5, 5.41) is 7.13. The third-order valence-electron chi connectivity index (χ3n) is 3.60. The van der Waals surface area contributed by atoms with Crippen LogP contribution in [0.15, 0.2) is 0 Å². The summed E-state index contributed by atoms with van der Waals surface area (Å²) in [7, 11) is 0. The number of halogens is 1. The van der Waals surface area contributed by atoms with E-state index in [2.05, 4.69) is 54.0 Å². The summed E-state index contributed by atoms with van der Waals surface area (Å²) in [5.41, 5.74) is 0. The van der Waals surface area contributed by atoms with Crippen molar-refractivity contribution in [2.45, 2.75) is 62.1 Å². The van der Waals surface area contributed by atoms with Gasteiger partial charge in [0, 0.05) is 16.0 Å². The van der Waals surface area contributed by atoms with Crippen LogP contribution in [0.3, 0.4) is 0 Å². The van der Waals surface area contributed by atoms with Crippen LogP contribution in [0.1, 0.15) is 33.6 Å². The van der Waals surface area contributed by atoms with Crippen molar-refractivity contribution in [1.29, 1.82) is 0 Å². The summed E-state index contributed by atoms with van der Waals surface area (Å²) in [4.78, 5) is 0. The molecule has 0 spiro atoms. The molecule has 0 aromatic rings. The average molecular weight is 324 g/mol. The number of ether oxygens (including phenoxy) is 1. The highest BCUT2D eigenvalue weighted by Gasteiger charge is 2.48. The first-order valence-corrected chi connectivity index (χ1v) is 7.23. The molecule has 2 heterocycles. The molecule has 0 aliphatic carbocycles. The quantitative estimate of drug-likeness (QED) is 0.471. The van der Waals surface area contributed by atoms with Gasteiger partial charge in [-0.05, 0) is 19.3 Å². The van der Waals surface area contributed by atoms with Crippen LogP contribution in [0.2, 0.25) is 0 Å². The van der Waals surface area contributed by atoms with E-state index in [0.717, 1.165) is 9.84 Å². The van der Waals surface area contributed by atoms with Crippen LogP contribution >= 0.6 is 22.6 Å². The second-order valence-corrected chi connectivity index (χ2v) is 6.22. The molecule has 6 unspecified atom stereocenters. The van der Waals surface area contributed by atoms with Crippen LogP contribution in [-0.2, 0) is 4.74 Å². The van der Waals surface area contributed by atoms with E-state index >= 15 is 0 Å². The first kappa shape index (κ1) is 12.1. The lowest BCUT2D eigenvalue weighted by atomic mass is 9.87. The number of fused-ring (bicyclic) bond motifs is 1. The van der Waals surface area contributed by atoms with Crippen molar-refractivity contribution in [2.24, 2.45) is 5.92 Å². The summed E-state index contributed by atoms with van der Waals surface area (Å²) < 4.78 is 6.22. The van der Waals surface area contributed by atoms with Crippen molar-refractivity contribution in [3.8, 4) is 0 Å². The largest absolute Gasteiger partial charge is 0.337 e. The fourth-order valence-corrected chi connectivity index (χ4v) is 3.55. The summed E-state index contributed by atoms with van der Waals surface area (Å²) in [6, 6.07) is 1.07. The third-order valence-corrected chi connectivity index (χ3v) is 5.41. The highest BCUT2D eigenvalue weighted by molar-refractivity contribution is 14.1. The fourth-order valence-electron chi connectivity index (χ4n) is 2.59. The van der Waals surface area contributed by atoms with E-state index in [1.807, 2.05) is 0 Å². The van der Waals surface area contributed by atoms with E-state index < -0.39 is 0 Å². The second kappa shape index (κ2) is 4.85. The minimum atomic E-state index is 0.278. The molecule has 2 N–H and O–H groups in total. The van der Waals surface area contributed by atoms with Crippen molar-refractivity contribution in [3.05, 3.63) is 0 Å². The number of piperazine rings is 1. The maximum atomic E-state index is 5.46. The number of rotatable bonds is 4. The molecule has 3 nitrogen and oxygen atoms in total. The topological polar surface area (TPSA) is 36.6 Å². The van der Waals surface area contributed by atoms with E-state index in [1.165, 1.54) is 12.8 Å². The Bertz CT molecular complexity index is 227. The number of alkyl halides is 1.